The Morgan fingerprint density at radius 1 is 1.03 bits per heavy atom. The van der Waals surface area contributed by atoms with E-state index in [2.05, 4.69) is 15.9 Å². The zero-order valence-corrected chi connectivity index (χ0v) is 23.0. The van der Waals surface area contributed by atoms with E-state index in [0.717, 1.165) is 17.6 Å². The normalized spacial score (nSPS) is 26.2. The second kappa shape index (κ2) is 9.45. The molecule has 2 amide bonds. The van der Waals surface area contributed by atoms with Crippen LogP contribution >= 0.6 is 15.9 Å². The zero-order chi connectivity index (χ0) is 27.6. The van der Waals surface area contributed by atoms with Crippen molar-refractivity contribution in [2.24, 2.45) is 17.8 Å². The van der Waals surface area contributed by atoms with Crippen molar-refractivity contribution in [1.82, 2.24) is 0 Å². The third-order valence-electron chi connectivity index (χ3n) is 8.48. The fourth-order valence-electron chi connectivity index (χ4n) is 6.59. The van der Waals surface area contributed by atoms with Gasteiger partial charge in [-0.1, -0.05) is 36.8 Å². The Kier molecular flexibility index (Phi) is 6.18. The molecular weight excluding hydrogens is 562 g/mol. The van der Waals surface area contributed by atoms with Gasteiger partial charge in [0.25, 0.3) is 0 Å². The number of aromatic hydroxyl groups is 1. The van der Waals surface area contributed by atoms with Crippen LogP contribution in [0.3, 0.4) is 0 Å². The number of allylic oxidation sites excluding steroid dienone is 6. The molecule has 8 heteroatoms. The van der Waals surface area contributed by atoms with Crippen LogP contribution in [0.15, 0.2) is 75.8 Å². The maximum atomic E-state index is 13.9. The molecule has 1 N–H and O–H groups in total. The Balaban J connectivity index is 1.47. The Morgan fingerprint density at radius 3 is 2.44 bits per heavy atom. The minimum Gasteiger partial charge on any atom is -0.507 e. The first-order chi connectivity index (χ1) is 18.7. The second-order valence-corrected chi connectivity index (χ2v) is 11.2. The monoisotopic (exact) mass is 587 g/mol. The number of rotatable bonds is 4. The lowest BCUT2D eigenvalue weighted by Gasteiger charge is -2.42. The standard InChI is InChI=1S/C31H26BrNO6/c1-3-15-4-6-16(7-5-15)33-30(37)20-11-10-18-21(27(20)31(33)38)13-22-28(25(35)14-23(32)29(22)36)26(18)19-9-8-17(39-2)12-24(19)34/h4-10,12,14,20-21,26-27,34H,3,11,13H2,1-2H3. The summed E-state index contributed by atoms with van der Waals surface area (Å²) in [6, 6.07) is 12.3. The summed E-state index contributed by atoms with van der Waals surface area (Å²) in [6.07, 6.45) is 4.56. The van der Waals surface area contributed by atoms with Gasteiger partial charge in [0, 0.05) is 34.8 Å². The Morgan fingerprint density at radius 2 is 1.77 bits per heavy atom. The first-order valence-electron chi connectivity index (χ1n) is 13.0. The highest BCUT2D eigenvalue weighted by atomic mass is 79.9. The van der Waals surface area contributed by atoms with Gasteiger partial charge in [-0.25, -0.2) is 0 Å². The van der Waals surface area contributed by atoms with Crippen LogP contribution in [0.1, 0.15) is 36.8 Å². The van der Waals surface area contributed by atoms with E-state index < -0.39 is 23.7 Å². The lowest BCUT2D eigenvalue weighted by molar-refractivity contribution is -0.123. The third-order valence-corrected chi connectivity index (χ3v) is 9.07. The zero-order valence-electron chi connectivity index (χ0n) is 21.4. The molecule has 2 aromatic rings. The number of methoxy groups -OCH3 is 1. The largest absolute Gasteiger partial charge is 0.507 e. The van der Waals surface area contributed by atoms with Gasteiger partial charge >= 0.3 is 0 Å². The van der Waals surface area contributed by atoms with Crippen LogP contribution < -0.4 is 9.64 Å². The number of ketones is 2. The van der Waals surface area contributed by atoms with Crippen molar-refractivity contribution >= 4 is 45.0 Å². The number of carbonyl (C=O) groups excluding carboxylic acids is 4. The van der Waals surface area contributed by atoms with Gasteiger partial charge in [-0.15, -0.1) is 0 Å². The molecule has 0 radical (unpaired) electrons. The molecule has 4 unspecified atom stereocenters. The fraction of sp³-hybridized carbons (Fsp3) is 0.290. The van der Waals surface area contributed by atoms with Crippen molar-refractivity contribution < 1.29 is 29.0 Å². The van der Waals surface area contributed by atoms with Crippen molar-refractivity contribution in [2.75, 3.05) is 12.0 Å². The van der Waals surface area contributed by atoms with Crippen molar-refractivity contribution in [3.8, 4) is 11.5 Å². The number of aryl methyl sites for hydroxylation is 1. The Bertz CT molecular complexity index is 1550. The van der Waals surface area contributed by atoms with E-state index in [0.29, 0.717) is 34.6 Å². The van der Waals surface area contributed by atoms with Crippen LogP contribution in [-0.2, 0) is 25.6 Å². The van der Waals surface area contributed by atoms with Crippen LogP contribution in [-0.4, -0.2) is 35.6 Å². The number of hydrogen-bond donors (Lipinski definition) is 1. The predicted octanol–water partition coefficient (Wildman–Crippen LogP) is 4.93. The van der Waals surface area contributed by atoms with E-state index in [1.165, 1.54) is 24.2 Å². The van der Waals surface area contributed by atoms with Crippen molar-refractivity contribution in [1.29, 1.82) is 0 Å². The molecule has 198 valence electrons. The molecule has 1 aliphatic heterocycles. The fourth-order valence-corrected chi connectivity index (χ4v) is 7.04. The maximum Gasteiger partial charge on any atom is 0.238 e. The molecule has 0 bridgehead atoms. The number of fused-ring (bicyclic) bond motifs is 3. The summed E-state index contributed by atoms with van der Waals surface area (Å²) in [4.78, 5) is 55.5. The molecule has 1 heterocycles. The highest BCUT2D eigenvalue weighted by molar-refractivity contribution is 9.12. The number of nitrogens with zero attached hydrogens (tertiary/aromatic N) is 1. The summed E-state index contributed by atoms with van der Waals surface area (Å²) in [5, 5.41) is 11.0. The van der Waals surface area contributed by atoms with Crippen LogP contribution in [0.25, 0.3) is 0 Å². The summed E-state index contributed by atoms with van der Waals surface area (Å²) in [6.45, 7) is 2.04. The minimum atomic E-state index is -0.723. The molecule has 4 atom stereocenters. The Labute approximate surface area is 234 Å². The average Bonchev–Trinajstić information content (AvgIpc) is 3.20. The minimum absolute atomic E-state index is 0.0739. The van der Waals surface area contributed by atoms with E-state index >= 15 is 0 Å². The van der Waals surface area contributed by atoms with E-state index in [4.69, 9.17) is 4.74 Å². The lowest BCUT2D eigenvalue weighted by atomic mass is 9.59. The quantitative estimate of drug-likeness (QED) is 0.309. The molecule has 7 nitrogen and oxygen atoms in total. The number of halogens is 1. The number of benzene rings is 2. The van der Waals surface area contributed by atoms with E-state index in [9.17, 15) is 24.3 Å². The topological polar surface area (TPSA) is 101 Å². The number of phenolic OH excluding ortho intramolecular Hbond substituents is 1. The van der Waals surface area contributed by atoms with Crippen molar-refractivity contribution in [3.05, 3.63) is 86.9 Å². The molecular formula is C31H26BrNO6. The average molecular weight is 588 g/mol. The van der Waals surface area contributed by atoms with Gasteiger partial charge in [0.15, 0.2) is 11.6 Å². The molecule has 3 aliphatic carbocycles. The predicted molar refractivity (Wildman–Crippen MR) is 148 cm³/mol. The van der Waals surface area contributed by atoms with Gasteiger partial charge in [0.05, 0.1) is 29.1 Å². The number of phenols is 1. The van der Waals surface area contributed by atoms with E-state index in [1.54, 1.807) is 24.3 Å². The van der Waals surface area contributed by atoms with Gasteiger partial charge < -0.3 is 9.84 Å². The lowest BCUT2D eigenvalue weighted by Crippen LogP contribution is -2.39. The van der Waals surface area contributed by atoms with Crippen LogP contribution in [0.2, 0.25) is 0 Å². The summed E-state index contributed by atoms with van der Waals surface area (Å²) in [5.74, 6) is -3.22. The Hall–Kier alpha value is -3.78. The molecule has 0 aromatic heterocycles. The molecule has 0 spiro atoms. The van der Waals surface area contributed by atoms with Gasteiger partial charge in [0.2, 0.25) is 11.8 Å². The summed E-state index contributed by atoms with van der Waals surface area (Å²) >= 11 is 3.23. The smallest absolute Gasteiger partial charge is 0.238 e. The first-order valence-corrected chi connectivity index (χ1v) is 13.8. The summed E-state index contributed by atoms with van der Waals surface area (Å²) < 4.78 is 5.41. The van der Waals surface area contributed by atoms with Crippen LogP contribution in [0.5, 0.6) is 11.5 Å². The van der Waals surface area contributed by atoms with Gasteiger partial charge in [0.1, 0.15) is 11.5 Å². The first kappa shape index (κ1) is 25.5. The SMILES string of the molecule is CCc1ccc(N2C(=O)C3CC=C4C(c5ccc(OC)cc5O)C5=C(CC4C3C2=O)C(=O)C(Br)=CC5=O)cc1. The number of ether oxygens (including phenoxy) is 1. The molecule has 39 heavy (non-hydrogen) atoms. The molecule has 1 saturated heterocycles. The summed E-state index contributed by atoms with van der Waals surface area (Å²) in [7, 11) is 1.49. The number of hydrogen-bond acceptors (Lipinski definition) is 6. The summed E-state index contributed by atoms with van der Waals surface area (Å²) in [5.41, 5.74) is 3.51. The van der Waals surface area contributed by atoms with Crippen LogP contribution in [0, 0.1) is 17.8 Å². The van der Waals surface area contributed by atoms with Crippen molar-refractivity contribution in [2.45, 2.75) is 32.1 Å². The van der Waals surface area contributed by atoms with E-state index in [-0.39, 0.29) is 40.0 Å². The van der Waals surface area contributed by atoms with Gasteiger partial charge in [-0.05, 0) is 64.9 Å². The highest BCUT2D eigenvalue weighted by Crippen LogP contribution is 2.56. The van der Waals surface area contributed by atoms with Gasteiger partial charge in [-0.3, -0.25) is 24.1 Å². The second-order valence-electron chi connectivity index (χ2n) is 10.4. The van der Waals surface area contributed by atoms with E-state index in [1.807, 2.05) is 25.1 Å². The number of imide groups is 1. The molecule has 4 aliphatic rings. The maximum absolute atomic E-state index is 13.9. The number of anilines is 1. The highest BCUT2D eigenvalue weighted by Gasteiger charge is 2.56. The molecule has 1 fully saturated rings. The third kappa shape index (κ3) is 3.84. The van der Waals surface area contributed by atoms with Gasteiger partial charge in [-0.2, -0.15) is 0 Å². The molecule has 6 rings (SSSR count). The van der Waals surface area contributed by atoms with Crippen LogP contribution in [0.4, 0.5) is 5.69 Å². The molecule has 2 aromatic carbocycles. The number of amides is 2. The van der Waals surface area contributed by atoms with Crippen molar-refractivity contribution in [3.63, 3.8) is 0 Å². The molecule has 0 saturated carbocycles. The number of Topliss-reactive ketones (excluding diaryl/α,β-unsaturated/α-hetero) is 1. The number of carbonyl (C=O) groups is 4.